The van der Waals surface area contributed by atoms with Gasteiger partial charge in [-0.15, -0.1) is 0 Å². The fourth-order valence-corrected chi connectivity index (χ4v) is 7.03. The van der Waals surface area contributed by atoms with Gasteiger partial charge in [0.15, 0.2) is 0 Å². The van der Waals surface area contributed by atoms with Gasteiger partial charge in [0, 0.05) is 42.0 Å². The number of amides is 2. The van der Waals surface area contributed by atoms with Crippen LogP contribution in [0.15, 0.2) is 72.8 Å². The molecule has 1 saturated carbocycles. The van der Waals surface area contributed by atoms with Gasteiger partial charge in [-0.25, -0.2) is 8.42 Å². The molecule has 4 rings (SSSR count). The van der Waals surface area contributed by atoms with Crippen molar-refractivity contribution in [3.63, 3.8) is 0 Å². The molecule has 230 valence electrons. The number of rotatable bonds is 13. The molecule has 3 aromatic carbocycles. The van der Waals surface area contributed by atoms with Gasteiger partial charge < -0.3 is 10.2 Å². The van der Waals surface area contributed by atoms with Crippen molar-refractivity contribution in [3.05, 3.63) is 99.0 Å². The van der Waals surface area contributed by atoms with Gasteiger partial charge in [0.1, 0.15) is 6.04 Å². The molecule has 7 nitrogen and oxygen atoms in total. The summed E-state index contributed by atoms with van der Waals surface area (Å²) in [5.74, 6) is -0.470. The molecule has 0 unspecified atom stereocenters. The van der Waals surface area contributed by atoms with Crippen LogP contribution in [0.3, 0.4) is 0 Å². The first-order valence-corrected chi connectivity index (χ1v) is 17.3. The Kier molecular flexibility index (Phi) is 11.8. The van der Waals surface area contributed by atoms with Crippen molar-refractivity contribution < 1.29 is 18.0 Å². The second kappa shape index (κ2) is 15.3. The number of anilines is 1. The quantitative estimate of drug-likeness (QED) is 0.216. The van der Waals surface area contributed by atoms with Gasteiger partial charge in [-0.05, 0) is 60.7 Å². The van der Waals surface area contributed by atoms with Crippen molar-refractivity contribution >= 4 is 62.3 Å². The maximum Gasteiger partial charge on any atom is 0.243 e. The lowest BCUT2D eigenvalue weighted by Crippen LogP contribution is -2.52. The zero-order valence-electron chi connectivity index (χ0n) is 24.0. The average Bonchev–Trinajstić information content (AvgIpc) is 3.47. The molecular weight excluding hydrogens is 629 g/mol. The third-order valence-electron chi connectivity index (χ3n) is 7.54. The Hall–Kier alpha value is -2.78. The van der Waals surface area contributed by atoms with E-state index in [1.807, 2.05) is 42.5 Å². The average molecular weight is 665 g/mol. The van der Waals surface area contributed by atoms with E-state index in [0.717, 1.165) is 47.4 Å². The Labute approximate surface area is 269 Å². The largest absolute Gasteiger partial charge is 0.352 e. The van der Waals surface area contributed by atoms with Crippen molar-refractivity contribution in [2.45, 2.75) is 63.6 Å². The fraction of sp³-hybridized carbons (Fsp3) is 0.375. The maximum absolute atomic E-state index is 14.0. The van der Waals surface area contributed by atoms with E-state index in [9.17, 15) is 18.0 Å². The predicted molar refractivity (Wildman–Crippen MR) is 174 cm³/mol. The summed E-state index contributed by atoms with van der Waals surface area (Å²) in [7, 11) is -3.73. The van der Waals surface area contributed by atoms with Crippen molar-refractivity contribution in [2.24, 2.45) is 0 Å². The molecule has 1 atom stereocenters. The lowest BCUT2D eigenvalue weighted by atomic mass is 10.0. The molecule has 3 aromatic rings. The normalized spacial score (nSPS) is 14.3. The van der Waals surface area contributed by atoms with Crippen LogP contribution in [-0.2, 0) is 32.6 Å². The molecule has 2 amide bonds. The molecule has 0 radical (unpaired) electrons. The van der Waals surface area contributed by atoms with Crippen LogP contribution in [0.25, 0.3) is 0 Å². The zero-order valence-corrected chi connectivity index (χ0v) is 27.1. The van der Waals surface area contributed by atoms with Gasteiger partial charge in [-0.3, -0.25) is 13.9 Å². The molecular formula is C32H36Cl3N3O4S. The molecule has 1 N–H and O–H groups in total. The topological polar surface area (TPSA) is 86.8 Å². The van der Waals surface area contributed by atoms with Crippen LogP contribution in [0.2, 0.25) is 15.1 Å². The number of halogens is 3. The van der Waals surface area contributed by atoms with Gasteiger partial charge in [-0.2, -0.15) is 0 Å². The summed E-state index contributed by atoms with van der Waals surface area (Å²) >= 11 is 18.7. The van der Waals surface area contributed by atoms with Gasteiger partial charge in [0.05, 0.1) is 17.0 Å². The Morgan fingerprint density at radius 1 is 0.907 bits per heavy atom. The second-order valence-corrected chi connectivity index (χ2v) is 14.1. The van der Waals surface area contributed by atoms with E-state index in [1.165, 1.54) is 12.1 Å². The van der Waals surface area contributed by atoms with E-state index in [1.54, 1.807) is 23.1 Å². The number of nitrogens with zero attached hydrogens (tertiary/aromatic N) is 2. The first kappa shape index (κ1) is 33.1. The SMILES string of the molecule is CS(=O)(=O)N(CCCC(=O)N(Cc1cccc(Cl)c1)[C@@H](Cc1ccccc1)C(=O)NC1CCCC1)c1cc(Cl)ccc1Cl. The molecule has 0 heterocycles. The molecule has 1 aliphatic carbocycles. The van der Waals surface area contributed by atoms with E-state index in [2.05, 4.69) is 5.32 Å². The molecule has 1 fully saturated rings. The Morgan fingerprint density at radius 2 is 1.58 bits per heavy atom. The third-order valence-corrected chi connectivity index (χ3v) is 9.51. The minimum atomic E-state index is -3.73. The molecule has 1 aliphatic rings. The molecule has 0 aliphatic heterocycles. The number of hydrogen-bond acceptors (Lipinski definition) is 4. The summed E-state index contributed by atoms with van der Waals surface area (Å²) in [5, 5.41) is 4.29. The van der Waals surface area contributed by atoms with Crippen LogP contribution in [0.5, 0.6) is 0 Å². The summed E-state index contributed by atoms with van der Waals surface area (Å²) in [6.45, 7) is 0.179. The van der Waals surface area contributed by atoms with Crippen LogP contribution in [0.1, 0.15) is 49.7 Å². The van der Waals surface area contributed by atoms with Crippen LogP contribution < -0.4 is 9.62 Å². The molecule has 0 spiro atoms. The highest BCUT2D eigenvalue weighted by molar-refractivity contribution is 7.92. The van der Waals surface area contributed by atoms with E-state index in [-0.39, 0.29) is 54.5 Å². The Morgan fingerprint density at radius 3 is 2.26 bits per heavy atom. The van der Waals surface area contributed by atoms with Crippen molar-refractivity contribution in [1.29, 1.82) is 0 Å². The third kappa shape index (κ3) is 9.60. The lowest BCUT2D eigenvalue weighted by molar-refractivity contribution is -0.141. The highest BCUT2D eigenvalue weighted by atomic mass is 35.5. The second-order valence-electron chi connectivity index (χ2n) is 10.9. The zero-order chi connectivity index (χ0) is 31.0. The Balaban J connectivity index is 1.60. The van der Waals surface area contributed by atoms with Gasteiger partial charge >= 0.3 is 0 Å². The highest BCUT2D eigenvalue weighted by Gasteiger charge is 2.32. The minimum Gasteiger partial charge on any atom is -0.352 e. The molecule has 0 aromatic heterocycles. The van der Waals surface area contributed by atoms with Crippen LogP contribution >= 0.6 is 34.8 Å². The molecule has 0 bridgehead atoms. The minimum absolute atomic E-state index is 0.00672. The summed E-state index contributed by atoms with van der Waals surface area (Å²) in [6.07, 6.45) is 5.58. The summed E-state index contributed by atoms with van der Waals surface area (Å²) in [6, 6.07) is 20.7. The van der Waals surface area contributed by atoms with Crippen molar-refractivity contribution in [3.8, 4) is 0 Å². The molecule has 43 heavy (non-hydrogen) atoms. The number of carbonyl (C=O) groups excluding carboxylic acids is 2. The summed E-state index contributed by atoms with van der Waals surface area (Å²) in [4.78, 5) is 29.4. The standard InChI is InChI=1S/C32H36Cl3N3O4S/c1-43(41,42)38(29-21-26(34)16-17-28(29)35)18-8-15-31(39)37(22-24-11-7-12-25(33)19-24)30(20-23-9-3-2-4-10-23)32(40)36-27-13-5-6-14-27/h2-4,7,9-12,16-17,19,21,27,30H,5-6,8,13-15,18,20,22H2,1H3,(H,36,40)/t30-/m0/s1. The summed E-state index contributed by atoms with van der Waals surface area (Å²) < 4.78 is 26.6. The van der Waals surface area contributed by atoms with Crippen molar-refractivity contribution in [2.75, 3.05) is 17.1 Å². The van der Waals surface area contributed by atoms with E-state index >= 15 is 0 Å². The Bertz CT molecular complexity index is 1520. The summed E-state index contributed by atoms with van der Waals surface area (Å²) in [5.41, 5.74) is 1.96. The number of benzene rings is 3. The lowest BCUT2D eigenvalue weighted by Gasteiger charge is -2.33. The van der Waals surface area contributed by atoms with Crippen LogP contribution in [-0.4, -0.2) is 50.0 Å². The van der Waals surface area contributed by atoms with Crippen LogP contribution in [0, 0.1) is 0 Å². The van der Waals surface area contributed by atoms with Gasteiger partial charge in [-0.1, -0.05) is 90.1 Å². The predicted octanol–water partition coefficient (Wildman–Crippen LogP) is 6.89. The van der Waals surface area contributed by atoms with Gasteiger partial charge in [0.2, 0.25) is 21.8 Å². The molecule has 11 heteroatoms. The number of sulfonamides is 1. The first-order chi connectivity index (χ1) is 20.5. The number of nitrogens with one attached hydrogen (secondary N) is 1. The van der Waals surface area contributed by atoms with Gasteiger partial charge in [0.25, 0.3) is 0 Å². The van der Waals surface area contributed by atoms with Crippen molar-refractivity contribution in [1.82, 2.24) is 10.2 Å². The highest BCUT2D eigenvalue weighted by Crippen LogP contribution is 2.31. The number of carbonyl (C=O) groups is 2. The van der Waals surface area contributed by atoms with Crippen LogP contribution in [0.4, 0.5) is 5.69 Å². The van der Waals surface area contributed by atoms with E-state index < -0.39 is 16.1 Å². The molecule has 0 saturated heterocycles. The monoisotopic (exact) mass is 663 g/mol. The smallest absolute Gasteiger partial charge is 0.243 e. The maximum atomic E-state index is 14.0. The number of hydrogen-bond donors (Lipinski definition) is 1. The fourth-order valence-electron chi connectivity index (χ4n) is 5.41. The van der Waals surface area contributed by atoms with E-state index in [0.29, 0.717) is 16.5 Å². The van der Waals surface area contributed by atoms with E-state index in [4.69, 9.17) is 34.8 Å². The first-order valence-electron chi connectivity index (χ1n) is 14.3.